The van der Waals surface area contributed by atoms with Crippen LogP contribution in [0.15, 0.2) is 32.7 Å². The van der Waals surface area contributed by atoms with Crippen LogP contribution < -0.4 is 10.0 Å². The van der Waals surface area contributed by atoms with Gasteiger partial charge in [-0.15, -0.1) is 10.2 Å². The van der Waals surface area contributed by atoms with Gasteiger partial charge in [0.1, 0.15) is 0 Å². The number of carbonyl (C=O) groups excluding carboxylic acids is 1. The van der Waals surface area contributed by atoms with Gasteiger partial charge in [0.25, 0.3) is 5.22 Å². The molecule has 2 aromatic rings. The Morgan fingerprint density at radius 1 is 1.36 bits per heavy atom. The van der Waals surface area contributed by atoms with Crippen LogP contribution >= 0.6 is 11.8 Å². The quantitative estimate of drug-likeness (QED) is 0.579. The molecule has 1 aromatic carbocycles. The molecule has 1 fully saturated rings. The van der Waals surface area contributed by atoms with Crippen LogP contribution in [0.5, 0.6) is 0 Å². The Hall–Kier alpha value is -2.28. The summed E-state index contributed by atoms with van der Waals surface area (Å²) in [6.07, 6.45) is 4.64. The van der Waals surface area contributed by atoms with E-state index in [0.29, 0.717) is 12.3 Å². The standard InChI is InChI=1S/C18H21N3O3S/c1-3-16-19-20-18(24-16)25-15(17(22)23)11-13-6-7-14(10-12(13)2)21-8-4-5-9-21/h6-7,10-11H,3-5,8-9H2,1-2H3,(H,22,23)/p-1/b15-11+. The average Bonchev–Trinajstić information content (AvgIpc) is 3.27. The predicted octanol–water partition coefficient (Wildman–Crippen LogP) is 2.42. The maximum Gasteiger partial charge on any atom is 0.281 e. The SMILES string of the molecule is CCc1nnc(S/C(=C/c2ccc(N3CCCC3)cc2C)C(=O)[O-])o1. The fourth-order valence-electron chi connectivity index (χ4n) is 2.78. The number of hydrogen-bond donors (Lipinski definition) is 0. The summed E-state index contributed by atoms with van der Waals surface area (Å²) in [6.45, 7) is 6.02. The second kappa shape index (κ2) is 7.74. The van der Waals surface area contributed by atoms with Crippen molar-refractivity contribution in [2.24, 2.45) is 0 Å². The molecule has 0 aliphatic carbocycles. The molecule has 6 nitrogen and oxygen atoms in total. The number of rotatable bonds is 6. The monoisotopic (exact) mass is 358 g/mol. The molecule has 1 aromatic heterocycles. The lowest BCUT2D eigenvalue weighted by molar-refractivity contribution is -0.298. The van der Waals surface area contributed by atoms with Crippen LogP contribution in [0.2, 0.25) is 0 Å². The first kappa shape index (κ1) is 17.5. The van der Waals surface area contributed by atoms with E-state index in [1.165, 1.54) is 18.5 Å². The van der Waals surface area contributed by atoms with Crippen LogP contribution in [-0.4, -0.2) is 29.3 Å². The number of carboxylic acid groups (broad SMARTS) is 1. The van der Waals surface area contributed by atoms with Gasteiger partial charge in [-0.3, -0.25) is 0 Å². The Balaban J connectivity index is 1.83. The Bertz CT molecular complexity index is 795. The fourth-order valence-corrected chi connectivity index (χ4v) is 3.46. The summed E-state index contributed by atoms with van der Waals surface area (Å²) in [5, 5.41) is 19.4. The summed E-state index contributed by atoms with van der Waals surface area (Å²) in [5.74, 6) is -0.782. The smallest absolute Gasteiger partial charge is 0.281 e. The first-order valence-corrected chi connectivity index (χ1v) is 9.17. The molecule has 0 atom stereocenters. The van der Waals surface area contributed by atoms with E-state index in [0.717, 1.165) is 36.0 Å². The Morgan fingerprint density at radius 2 is 2.12 bits per heavy atom. The van der Waals surface area contributed by atoms with E-state index in [9.17, 15) is 9.90 Å². The second-order valence-corrected chi connectivity index (χ2v) is 6.94. The van der Waals surface area contributed by atoms with Gasteiger partial charge in [-0.2, -0.15) is 0 Å². The van der Waals surface area contributed by atoms with E-state index in [1.807, 2.05) is 26.0 Å². The molecule has 0 N–H and O–H groups in total. The molecular formula is C18H20N3O3S-. The molecule has 0 radical (unpaired) electrons. The van der Waals surface area contributed by atoms with Gasteiger partial charge < -0.3 is 19.2 Å². The summed E-state index contributed by atoms with van der Waals surface area (Å²) in [4.78, 5) is 13.9. The van der Waals surface area contributed by atoms with Crippen molar-refractivity contribution in [1.82, 2.24) is 10.2 Å². The minimum absolute atomic E-state index is 0.0447. The lowest BCUT2D eigenvalue weighted by Gasteiger charge is -2.19. The molecule has 1 saturated heterocycles. The van der Waals surface area contributed by atoms with Crippen molar-refractivity contribution in [1.29, 1.82) is 0 Å². The molecule has 1 aliphatic rings. The molecular weight excluding hydrogens is 338 g/mol. The molecule has 0 saturated carbocycles. The van der Waals surface area contributed by atoms with Crippen molar-refractivity contribution in [3.05, 3.63) is 40.1 Å². The fraction of sp³-hybridized carbons (Fsp3) is 0.389. The zero-order valence-corrected chi connectivity index (χ0v) is 15.1. The van der Waals surface area contributed by atoms with E-state index < -0.39 is 5.97 Å². The molecule has 0 bridgehead atoms. The highest BCUT2D eigenvalue weighted by atomic mass is 32.2. The third-order valence-corrected chi connectivity index (χ3v) is 5.00. The average molecular weight is 358 g/mol. The van der Waals surface area contributed by atoms with Gasteiger partial charge in [0, 0.05) is 30.1 Å². The van der Waals surface area contributed by atoms with Crippen molar-refractivity contribution in [3.63, 3.8) is 0 Å². The molecule has 7 heteroatoms. The summed E-state index contributed by atoms with van der Waals surface area (Å²) in [5.41, 5.74) is 3.03. The largest absolute Gasteiger partial charge is 0.544 e. The van der Waals surface area contributed by atoms with Gasteiger partial charge in [0.05, 0.1) is 5.97 Å². The predicted molar refractivity (Wildman–Crippen MR) is 95.1 cm³/mol. The second-order valence-electron chi connectivity index (χ2n) is 5.95. The number of benzene rings is 1. The van der Waals surface area contributed by atoms with Crippen molar-refractivity contribution in [2.75, 3.05) is 18.0 Å². The number of aliphatic carboxylic acids is 1. The number of aryl methyl sites for hydroxylation is 2. The lowest BCUT2D eigenvalue weighted by atomic mass is 10.1. The number of hydrogen-bond acceptors (Lipinski definition) is 7. The topological polar surface area (TPSA) is 82.3 Å². The van der Waals surface area contributed by atoms with Gasteiger partial charge in [0.15, 0.2) is 0 Å². The number of aromatic nitrogens is 2. The maximum atomic E-state index is 11.5. The highest BCUT2D eigenvalue weighted by Gasteiger charge is 2.14. The van der Waals surface area contributed by atoms with Gasteiger partial charge >= 0.3 is 0 Å². The number of nitrogens with zero attached hydrogens (tertiary/aromatic N) is 3. The molecule has 0 unspecified atom stereocenters. The number of carbonyl (C=O) groups is 1. The summed E-state index contributed by atoms with van der Waals surface area (Å²) < 4.78 is 5.37. The van der Waals surface area contributed by atoms with Crippen LogP contribution in [0, 0.1) is 6.92 Å². The van der Waals surface area contributed by atoms with Crippen LogP contribution in [0.4, 0.5) is 5.69 Å². The summed E-state index contributed by atoms with van der Waals surface area (Å²) >= 11 is 0.914. The van der Waals surface area contributed by atoms with Crippen molar-refractivity contribution in [3.8, 4) is 0 Å². The molecule has 1 aliphatic heterocycles. The van der Waals surface area contributed by atoms with E-state index in [2.05, 4.69) is 21.2 Å². The minimum atomic E-state index is -1.26. The Kier molecular flexibility index (Phi) is 5.43. The first-order valence-electron chi connectivity index (χ1n) is 8.35. The normalized spacial score (nSPS) is 15.0. The molecule has 132 valence electrons. The Morgan fingerprint density at radius 3 is 2.72 bits per heavy atom. The minimum Gasteiger partial charge on any atom is -0.544 e. The van der Waals surface area contributed by atoms with E-state index in [-0.39, 0.29) is 10.1 Å². The van der Waals surface area contributed by atoms with Crippen molar-refractivity contribution < 1.29 is 14.3 Å². The molecule has 0 spiro atoms. The molecule has 0 amide bonds. The highest BCUT2D eigenvalue weighted by molar-refractivity contribution is 8.03. The maximum absolute atomic E-state index is 11.5. The number of anilines is 1. The van der Waals surface area contributed by atoms with Crippen LogP contribution in [-0.2, 0) is 11.2 Å². The Labute approximate surface area is 150 Å². The third-order valence-electron chi connectivity index (χ3n) is 4.16. The van der Waals surface area contributed by atoms with Crippen LogP contribution in [0.1, 0.15) is 36.8 Å². The van der Waals surface area contributed by atoms with Crippen LogP contribution in [0.25, 0.3) is 6.08 Å². The molecule has 3 rings (SSSR count). The van der Waals surface area contributed by atoms with Gasteiger partial charge in [0.2, 0.25) is 5.89 Å². The van der Waals surface area contributed by atoms with Gasteiger partial charge in [-0.05, 0) is 60.9 Å². The molecule has 25 heavy (non-hydrogen) atoms. The third kappa shape index (κ3) is 4.22. The molecule has 2 heterocycles. The zero-order chi connectivity index (χ0) is 17.8. The first-order chi connectivity index (χ1) is 12.1. The number of thioether (sulfide) groups is 1. The summed E-state index contributed by atoms with van der Waals surface area (Å²) in [7, 11) is 0. The zero-order valence-electron chi connectivity index (χ0n) is 14.3. The van der Waals surface area contributed by atoms with Gasteiger partial charge in [-0.25, -0.2) is 0 Å². The van der Waals surface area contributed by atoms with Crippen molar-refractivity contribution >= 4 is 29.5 Å². The summed E-state index contributed by atoms with van der Waals surface area (Å²) in [6, 6.07) is 6.07. The van der Waals surface area contributed by atoms with E-state index in [4.69, 9.17) is 4.42 Å². The number of carboxylic acids is 1. The van der Waals surface area contributed by atoms with Crippen LogP contribution in [0.3, 0.4) is 0 Å². The lowest BCUT2D eigenvalue weighted by Crippen LogP contribution is -2.23. The van der Waals surface area contributed by atoms with Crippen molar-refractivity contribution in [2.45, 2.75) is 38.3 Å². The van der Waals surface area contributed by atoms with E-state index in [1.54, 1.807) is 6.08 Å². The van der Waals surface area contributed by atoms with E-state index >= 15 is 0 Å². The van der Waals surface area contributed by atoms with Gasteiger partial charge in [-0.1, -0.05) is 13.0 Å². The highest BCUT2D eigenvalue weighted by Crippen LogP contribution is 2.29.